The quantitative estimate of drug-likeness (QED) is 0.855. The lowest BCUT2D eigenvalue weighted by Crippen LogP contribution is -2.61. The second-order valence-electron chi connectivity index (χ2n) is 6.46. The van der Waals surface area contributed by atoms with Crippen LogP contribution in [0.1, 0.15) is 17.7 Å². The second-order valence-corrected chi connectivity index (χ2v) is 6.46. The van der Waals surface area contributed by atoms with Crippen molar-refractivity contribution in [2.45, 2.75) is 25.1 Å². The Labute approximate surface area is 135 Å². The van der Waals surface area contributed by atoms with E-state index in [1.807, 2.05) is 54.3 Å². The number of amides is 1. The molecule has 1 aromatic heterocycles. The van der Waals surface area contributed by atoms with E-state index in [0.29, 0.717) is 13.0 Å². The highest BCUT2D eigenvalue weighted by molar-refractivity contribution is 5.78. The highest BCUT2D eigenvalue weighted by Crippen LogP contribution is 2.37. The number of aromatic nitrogens is 2. The molecule has 0 radical (unpaired) electrons. The summed E-state index contributed by atoms with van der Waals surface area (Å²) < 4.78 is 1.88. The molecule has 2 aliphatic rings. The Hall–Kier alpha value is -2.18. The zero-order valence-corrected chi connectivity index (χ0v) is 13.2. The summed E-state index contributed by atoms with van der Waals surface area (Å²) in [4.78, 5) is 20.5. The molecule has 2 aliphatic heterocycles. The van der Waals surface area contributed by atoms with Gasteiger partial charge in [-0.1, -0.05) is 30.3 Å². The number of carbonyl (C=O) groups is 1. The minimum Gasteiger partial charge on any atom is -0.291 e. The van der Waals surface area contributed by atoms with E-state index in [1.165, 1.54) is 10.8 Å². The van der Waals surface area contributed by atoms with Gasteiger partial charge in [-0.15, -0.1) is 0 Å². The molecular formula is C17H20N4O2. The maximum Gasteiger partial charge on any atom is 0.249 e. The van der Waals surface area contributed by atoms with Crippen LogP contribution in [-0.2, 0) is 29.8 Å². The first kappa shape index (κ1) is 14.4. The summed E-state index contributed by atoms with van der Waals surface area (Å²) in [7, 11) is 1.95. The van der Waals surface area contributed by atoms with E-state index in [1.54, 1.807) is 0 Å². The fraction of sp³-hybridized carbons (Fsp3) is 0.412. The van der Waals surface area contributed by atoms with Crippen molar-refractivity contribution in [3.05, 3.63) is 53.9 Å². The van der Waals surface area contributed by atoms with Crippen molar-refractivity contribution >= 4 is 5.91 Å². The standard InChI is InChI=1S/C17H20N4O2/c1-19-15(7-8-18-19)11-20-12-17(13-20)9-16(22)21(23-17)10-14-5-3-2-4-6-14/h2-8H,9-13H2,1H3. The predicted molar refractivity (Wildman–Crippen MR) is 83.9 cm³/mol. The van der Waals surface area contributed by atoms with Gasteiger partial charge >= 0.3 is 0 Å². The molecular weight excluding hydrogens is 292 g/mol. The number of rotatable bonds is 4. The maximum atomic E-state index is 12.2. The van der Waals surface area contributed by atoms with Crippen LogP contribution in [0.15, 0.2) is 42.6 Å². The first-order chi connectivity index (χ1) is 11.1. The number of hydrogen-bond acceptors (Lipinski definition) is 4. The van der Waals surface area contributed by atoms with Gasteiger partial charge < -0.3 is 0 Å². The molecule has 2 fully saturated rings. The van der Waals surface area contributed by atoms with E-state index < -0.39 is 0 Å². The van der Waals surface area contributed by atoms with Gasteiger partial charge in [0.15, 0.2) is 0 Å². The third-order valence-corrected chi connectivity index (χ3v) is 4.56. The number of hydrogen-bond donors (Lipinski definition) is 0. The number of likely N-dealkylation sites (tertiary alicyclic amines) is 1. The van der Waals surface area contributed by atoms with Gasteiger partial charge in [0.1, 0.15) is 5.60 Å². The van der Waals surface area contributed by atoms with Crippen molar-refractivity contribution in [2.75, 3.05) is 13.1 Å². The highest BCUT2D eigenvalue weighted by atomic mass is 16.7. The highest BCUT2D eigenvalue weighted by Gasteiger charge is 2.53. The van der Waals surface area contributed by atoms with Crippen LogP contribution in [0.2, 0.25) is 0 Å². The summed E-state index contributed by atoms with van der Waals surface area (Å²) in [6.07, 6.45) is 2.28. The van der Waals surface area contributed by atoms with Crippen LogP contribution in [0.4, 0.5) is 0 Å². The number of aryl methyl sites for hydroxylation is 1. The van der Waals surface area contributed by atoms with E-state index in [9.17, 15) is 4.79 Å². The molecule has 6 heteroatoms. The lowest BCUT2D eigenvalue weighted by molar-refractivity contribution is -0.241. The molecule has 2 aromatic rings. The van der Waals surface area contributed by atoms with Crippen LogP contribution in [0.3, 0.4) is 0 Å². The Kier molecular flexibility index (Phi) is 3.43. The average molecular weight is 312 g/mol. The summed E-state index contributed by atoms with van der Waals surface area (Å²) in [5.74, 6) is 0.0778. The van der Waals surface area contributed by atoms with Gasteiger partial charge in [-0.3, -0.25) is 19.2 Å². The monoisotopic (exact) mass is 312 g/mol. The summed E-state index contributed by atoms with van der Waals surface area (Å²) in [5.41, 5.74) is 1.93. The molecule has 0 unspecified atom stereocenters. The van der Waals surface area contributed by atoms with Gasteiger partial charge in [-0.2, -0.15) is 5.10 Å². The normalized spacial score (nSPS) is 20.2. The van der Waals surface area contributed by atoms with Gasteiger partial charge in [-0.25, -0.2) is 5.06 Å². The number of carbonyl (C=O) groups excluding carboxylic acids is 1. The minimum absolute atomic E-state index is 0.0778. The molecule has 2 saturated heterocycles. The molecule has 1 spiro atoms. The van der Waals surface area contributed by atoms with E-state index in [0.717, 1.165) is 25.2 Å². The van der Waals surface area contributed by atoms with Crippen LogP contribution in [0.5, 0.6) is 0 Å². The second kappa shape index (κ2) is 5.47. The number of benzene rings is 1. The van der Waals surface area contributed by atoms with Crippen molar-refractivity contribution in [1.29, 1.82) is 0 Å². The van der Waals surface area contributed by atoms with Crippen molar-refractivity contribution in [2.24, 2.45) is 7.05 Å². The van der Waals surface area contributed by atoms with E-state index >= 15 is 0 Å². The van der Waals surface area contributed by atoms with E-state index in [-0.39, 0.29) is 11.5 Å². The zero-order valence-electron chi connectivity index (χ0n) is 13.2. The van der Waals surface area contributed by atoms with E-state index in [4.69, 9.17) is 4.84 Å². The first-order valence-electron chi connectivity index (χ1n) is 7.86. The van der Waals surface area contributed by atoms with Crippen LogP contribution in [0, 0.1) is 0 Å². The lowest BCUT2D eigenvalue weighted by atomic mass is 9.91. The molecule has 3 heterocycles. The van der Waals surface area contributed by atoms with Crippen molar-refractivity contribution in [3.63, 3.8) is 0 Å². The fourth-order valence-electron chi connectivity index (χ4n) is 3.39. The largest absolute Gasteiger partial charge is 0.291 e. The third kappa shape index (κ3) is 2.75. The van der Waals surface area contributed by atoms with Crippen LogP contribution in [-0.4, -0.2) is 44.3 Å². The van der Waals surface area contributed by atoms with Crippen molar-refractivity contribution in [3.8, 4) is 0 Å². The molecule has 0 aliphatic carbocycles. The predicted octanol–water partition coefficient (Wildman–Crippen LogP) is 1.34. The summed E-state index contributed by atoms with van der Waals surface area (Å²) in [5, 5.41) is 5.71. The molecule has 1 aromatic carbocycles. The molecule has 4 rings (SSSR count). The Bertz CT molecular complexity index is 706. The number of hydroxylamine groups is 2. The molecule has 0 N–H and O–H groups in total. The molecule has 0 bridgehead atoms. The Morgan fingerprint density at radius 2 is 1.96 bits per heavy atom. The first-order valence-corrected chi connectivity index (χ1v) is 7.86. The van der Waals surface area contributed by atoms with Crippen LogP contribution < -0.4 is 0 Å². The van der Waals surface area contributed by atoms with Gasteiger partial charge in [0.05, 0.1) is 18.7 Å². The average Bonchev–Trinajstić information content (AvgIpc) is 3.05. The SMILES string of the molecule is Cn1nccc1CN1CC2(CC(=O)N(Cc3ccccc3)O2)C1. The van der Waals surface area contributed by atoms with Gasteiger partial charge in [0.25, 0.3) is 0 Å². The zero-order chi connectivity index (χ0) is 15.9. The summed E-state index contributed by atoms with van der Waals surface area (Å²) in [6.45, 7) is 2.93. The van der Waals surface area contributed by atoms with Gasteiger partial charge in [-0.05, 0) is 11.6 Å². The molecule has 6 nitrogen and oxygen atoms in total. The van der Waals surface area contributed by atoms with Gasteiger partial charge in [0.2, 0.25) is 5.91 Å². The lowest BCUT2D eigenvalue weighted by Gasteiger charge is -2.45. The fourth-order valence-corrected chi connectivity index (χ4v) is 3.39. The smallest absolute Gasteiger partial charge is 0.249 e. The third-order valence-electron chi connectivity index (χ3n) is 4.56. The Morgan fingerprint density at radius 3 is 2.65 bits per heavy atom. The molecule has 0 atom stereocenters. The minimum atomic E-state index is -0.329. The topological polar surface area (TPSA) is 50.6 Å². The summed E-state index contributed by atoms with van der Waals surface area (Å²) >= 11 is 0. The maximum absolute atomic E-state index is 12.2. The molecule has 1 amide bonds. The van der Waals surface area contributed by atoms with Gasteiger partial charge in [0, 0.05) is 32.9 Å². The Morgan fingerprint density at radius 1 is 1.17 bits per heavy atom. The molecule has 120 valence electrons. The van der Waals surface area contributed by atoms with E-state index in [2.05, 4.69) is 10.00 Å². The molecule has 0 saturated carbocycles. The van der Waals surface area contributed by atoms with Crippen LogP contribution >= 0.6 is 0 Å². The number of nitrogens with zero attached hydrogens (tertiary/aromatic N) is 4. The summed E-state index contributed by atoms with van der Waals surface area (Å²) in [6, 6.07) is 12.0. The molecule has 23 heavy (non-hydrogen) atoms. The van der Waals surface area contributed by atoms with Crippen molar-refractivity contribution < 1.29 is 9.63 Å². The van der Waals surface area contributed by atoms with Crippen LogP contribution in [0.25, 0.3) is 0 Å². The Balaban J connectivity index is 1.35. The van der Waals surface area contributed by atoms with Crippen molar-refractivity contribution in [1.82, 2.24) is 19.7 Å².